The van der Waals surface area contributed by atoms with Gasteiger partial charge in [0.25, 0.3) is 0 Å². The van der Waals surface area contributed by atoms with Crippen LogP contribution in [-0.2, 0) is 0 Å². The number of hydrogen-bond donors (Lipinski definition) is 0. The lowest BCUT2D eigenvalue weighted by Gasteiger charge is -2.15. The van der Waals surface area contributed by atoms with E-state index in [0.717, 1.165) is 12.0 Å². The molecular formula is C12H15N. The molecule has 13 heavy (non-hydrogen) atoms. The average Bonchev–Trinajstić information content (AvgIpc) is 2.20. The zero-order valence-electron chi connectivity index (χ0n) is 8.20. The minimum Gasteiger partial charge on any atom is -0.198 e. The van der Waals surface area contributed by atoms with Gasteiger partial charge in [-0.3, -0.25) is 0 Å². The summed E-state index contributed by atoms with van der Waals surface area (Å²) in [6, 6.07) is 12.4. The predicted octanol–water partition coefficient (Wildman–Crippen LogP) is 3.34. The lowest BCUT2D eigenvalue weighted by Crippen LogP contribution is -2.06. The number of rotatable bonds is 3. The minimum atomic E-state index is 0.0474. The van der Waals surface area contributed by atoms with Crippen LogP contribution in [0.4, 0.5) is 0 Å². The minimum absolute atomic E-state index is 0.0474. The van der Waals surface area contributed by atoms with Gasteiger partial charge in [0.05, 0.1) is 12.0 Å². The van der Waals surface area contributed by atoms with Crippen molar-refractivity contribution < 1.29 is 0 Å². The SMILES string of the molecule is CC[C@H](C)[C@@H](C#N)c1ccccc1. The van der Waals surface area contributed by atoms with Gasteiger partial charge in [0.1, 0.15) is 0 Å². The van der Waals surface area contributed by atoms with Crippen molar-refractivity contribution in [1.29, 1.82) is 5.26 Å². The summed E-state index contributed by atoms with van der Waals surface area (Å²) in [6.07, 6.45) is 1.05. The smallest absolute Gasteiger partial charge is 0.0738 e. The molecule has 0 aromatic heterocycles. The van der Waals surface area contributed by atoms with Crippen LogP contribution in [0.2, 0.25) is 0 Å². The highest BCUT2D eigenvalue weighted by atomic mass is 14.3. The van der Waals surface area contributed by atoms with E-state index in [1.807, 2.05) is 30.3 Å². The molecule has 0 heterocycles. The normalized spacial score (nSPS) is 14.5. The van der Waals surface area contributed by atoms with Crippen LogP contribution >= 0.6 is 0 Å². The Bertz CT molecular complexity index is 284. The maximum absolute atomic E-state index is 9.03. The van der Waals surface area contributed by atoms with Gasteiger partial charge in [-0.1, -0.05) is 50.6 Å². The van der Waals surface area contributed by atoms with Crippen LogP contribution in [0, 0.1) is 17.2 Å². The van der Waals surface area contributed by atoms with Crippen LogP contribution < -0.4 is 0 Å². The standard InChI is InChI=1S/C12H15N/c1-3-10(2)12(9-13)11-7-5-4-6-8-11/h4-8,10,12H,3H2,1-2H3/t10-,12+/m0/s1. The molecule has 0 fully saturated rings. The molecule has 0 bridgehead atoms. The van der Waals surface area contributed by atoms with E-state index in [-0.39, 0.29) is 5.92 Å². The molecular weight excluding hydrogens is 158 g/mol. The molecule has 0 amide bonds. The van der Waals surface area contributed by atoms with E-state index in [2.05, 4.69) is 19.9 Å². The average molecular weight is 173 g/mol. The van der Waals surface area contributed by atoms with Gasteiger partial charge in [-0.15, -0.1) is 0 Å². The Labute approximate surface area is 80.0 Å². The molecule has 1 aromatic carbocycles. The Hall–Kier alpha value is -1.29. The molecule has 1 heteroatoms. The van der Waals surface area contributed by atoms with Crippen LogP contribution in [0.25, 0.3) is 0 Å². The summed E-state index contributed by atoms with van der Waals surface area (Å²) >= 11 is 0. The summed E-state index contributed by atoms with van der Waals surface area (Å²) in [5.74, 6) is 0.485. The highest BCUT2D eigenvalue weighted by molar-refractivity contribution is 5.25. The van der Waals surface area contributed by atoms with E-state index in [4.69, 9.17) is 5.26 Å². The van der Waals surface area contributed by atoms with Crippen LogP contribution in [0.1, 0.15) is 31.7 Å². The second-order valence-electron chi connectivity index (χ2n) is 3.40. The third kappa shape index (κ3) is 2.32. The Morgan fingerprint density at radius 2 is 1.92 bits per heavy atom. The first-order valence-electron chi connectivity index (χ1n) is 4.74. The van der Waals surface area contributed by atoms with Crippen molar-refractivity contribution in [2.45, 2.75) is 26.2 Å². The van der Waals surface area contributed by atoms with Gasteiger partial charge in [0.2, 0.25) is 0 Å². The molecule has 0 saturated heterocycles. The fraction of sp³-hybridized carbons (Fsp3) is 0.417. The zero-order chi connectivity index (χ0) is 9.68. The second kappa shape index (κ2) is 4.67. The quantitative estimate of drug-likeness (QED) is 0.687. The van der Waals surface area contributed by atoms with Crippen LogP contribution in [0.15, 0.2) is 30.3 Å². The Balaban J connectivity index is 2.86. The lowest BCUT2D eigenvalue weighted by molar-refractivity contribution is 0.514. The summed E-state index contributed by atoms with van der Waals surface area (Å²) in [7, 11) is 0. The van der Waals surface area contributed by atoms with Gasteiger partial charge in [-0.25, -0.2) is 0 Å². The summed E-state index contributed by atoms with van der Waals surface area (Å²) in [5, 5.41) is 9.03. The summed E-state index contributed by atoms with van der Waals surface area (Å²) < 4.78 is 0. The Kier molecular flexibility index (Phi) is 3.52. The highest BCUT2D eigenvalue weighted by Crippen LogP contribution is 2.25. The van der Waals surface area contributed by atoms with Crippen molar-refractivity contribution in [2.75, 3.05) is 0 Å². The molecule has 1 nitrogen and oxygen atoms in total. The van der Waals surface area contributed by atoms with Crippen molar-refractivity contribution >= 4 is 0 Å². The summed E-state index contributed by atoms with van der Waals surface area (Å²) in [4.78, 5) is 0. The maximum Gasteiger partial charge on any atom is 0.0738 e. The fourth-order valence-electron chi connectivity index (χ4n) is 1.43. The van der Waals surface area contributed by atoms with Crippen molar-refractivity contribution in [3.05, 3.63) is 35.9 Å². The molecule has 0 radical (unpaired) electrons. The molecule has 2 atom stereocenters. The number of hydrogen-bond acceptors (Lipinski definition) is 1. The first kappa shape index (κ1) is 9.80. The van der Waals surface area contributed by atoms with Gasteiger partial charge >= 0.3 is 0 Å². The molecule has 1 rings (SSSR count). The number of benzene rings is 1. The van der Waals surface area contributed by atoms with Crippen molar-refractivity contribution in [2.24, 2.45) is 5.92 Å². The molecule has 0 saturated carbocycles. The van der Waals surface area contributed by atoms with Gasteiger partial charge in [0.15, 0.2) is 0 Å². The second-order valence-corrected chi connectivity index (χ2v) is 3.40. The molecule has 0 unspecified atom stereocenters. The Morgan fingerprint density at radius 1 is 1.31 bits per heavy atom. The number of nitrogens with zero attached hydrogens (tertiary/aromatic N) is 1. The lowest BCUT2D eigenvalue weighted by atomic mass is 9.87. The summed E-state index contributed by atoms with van der Waals surface area (Å²) in [5.41, 5.74) is 1.14. The fourth-order valence-corrected chi connectivity index (χ4v) is 1.43. The van der Waals surface area contributed by atoms with Crippen molar-refractivity contribution in [3.63, 3.8) is 0 Å². The summed E-state index contributed by atoms with van der Waals surface area (Å²) in [6.45, 7) is 4.25. The molecule has 0 N–H and O–H groups in total. The van der Waals surface area contributed by atoms with E-state index < -0.39 is 0 Å². The molecule has 1 aromatic rings. The monoisotopic (exact) mass is 173 g/mol. The van der Waals surface area contributed by atoms with Crippen molar-refractivity contribution in [1.82, 2.24) is 0 Å². The van der Waals surface area contributed by atoms with Gasteiger partial charge < -0.3 is 0 Å². The highest BCUT2D eigenvalue weighted by Gasteiger charge is 2.16. The van der Waals surface area contributed by atoms with Gasteiger partial charge in [-0.2, -0.15) is 5.26 Å². The van der Waals surface area contributed by atoms with E-state index in [9.17, 15) is 0 Å². The molecule has 0 spiro atoms. The molecule has 0 aliphatic rings. The van der Waals surface area contributed by atoms with Crippen LogP contribution in [-0.4, -0.2) is 0 Å². The van der Waals surface area contributed by atoms with Crippen LogP contribution in [0.5, 0.6) is 0 Å². The molecule has 0 aliphatic heterocycles. The Morgan fingerprint density at radius 3 is 2.38 bits per heavy atom. The third-order valence-corrected chi connectivity index (χ3v) is 2.51. The van der Waals surface area contributed by atoms with E-state index in [1.54, 1.807) is 0 Å². The topological polar surface area (TPSA) is 23.8 Å². The first-order valence-corrected chi connectivity index (χ1v) is 4.74. The van der Waals surface area contributed by atoms with E-state index in [1.165, 1.54) is 0 Å². The van der Waals surface area contributed by atoms with Crippen molar-refractivity contribution in [3.8, 4) is 6.07 Å². The van der Waals surface area contributed by atoms with Gasteiger partial charge in [0, 0.05) is 0 Å². The van der Waals surface area contributed by atoms with E-state index in [0.29, 0.717) is 5.92 Å². The first-order chi connectivity index (χ1) is 6.29. The van der Waals surface area contributed by atoms with Gasteiger partial charge in [-0.05, 0) is 11.5 Å². The molecule has 68 valence electrons. The number of nitriles is 1. The third-order valence-electron chi connectivity index (χ3n) is 2.51. The molecule has 0 aliphatic carbocycles. The maximum atomic E-state index is 9.03. The van der Waals surface area contributed by atoms with E-state index >= 15 is 0 Å². The largest absolute Gasteiger partial charge is 0.198 e. The van der Waals surface area contributed by atoms with Crippen LogP contribution in [0.3, 0.4) is 0 Å². The predicted molar refractivity (Wildman–Crippen MR) is 54.3 cm³/mol. The zero-order valence-corrected chi connectivity index (χ0v) is 8.20.